The van der Waals surface area contributed by atoms with Gasteiger partial charge in [-0.25, -0.2) is 13.1 Å². The summed E-state index contributed by atoms with van der Waals surface area (Å²) >= 11 is 4.85. The largest absolute Gasteiger partial charge is 0.326 e. The van der Waals surface area contributed by atoms with Crippen molar-refractivity contribution in [2.24, 2.45) is 5.73 Å². The molecule has 2 rings (SSSR count). The van der Waals surface area contributed by atoms with Gasteiger partial charge in [-0.05, 0) is 46.1 Å². The van der Waals surface area contributed by atoms with Gasteiger partial charge >= 0.3 is 0 Å². The molecule has 0 amide bonds. The lowest BCUT2D eigenvalue weighted by Crippen LogP contribution is -2.24. The van der Waals surface area contributed by atoms with Crippen LogP contribution >= 0.6 is 27.3 Å². The lowest BCUT2D eigenvalue weighted by Gasteiger charge is -2.11. The number of hydrogen-bond donors (Lipinski definition) is 2. The monoisotopic (exact) mass is 374 g/mol. The van der Waals surface area contributed by atoms with Crippen LogP contribution in [0.25, 0.3) is 0 Å². The van der Waals surface area contributed by atoms with Crippen molar-refractivity contribution in [2.75, 3.05) is 0 Å². The van der Waals surface area contributed by atoms with E-state index < -0.39 is 10.0 Å². The Morgan fingerprint density at radius 3 is 2.75 bits per heavy atom. The molecule has 3 N–H and O–H groups in total. The van der Waals surface area contributed by atoms with E-state index in [-0.39, 0.29) is 11.4 Å². The Morgan fingerprint density at radius 2 is 2.15 bits per heavy atom. The zero-order valence-corrected chi connectivity index (χ0v) is 14.1. The van der Waals surface area contributed by atoms with Gasteiger partial charge in [-0.2, -0.15) is 0 Å². The minimum absolute atomic E-state index is 0.283. The van der Waals surface area contributed by atoms with Gasteiger partial charge < -0.3 is 5.73 Å². The second-order valence-corrected chi connectivity index (χ2v) is 7.95. The molecule has 108 valence electrons. The van der Waals surface area contributed by atoms with E-state index in [1.54, 1.807) is 19.1 Å². The smallest absolute Gasteiger partial charge is 0.241 e. The van der Waals surface area contributed by atoms with Crippen LogP contribution in [0.4, 0.5) is 0 Å². The van der Waals surface area contributed by atoms with Gasteiger partial charge in [0.25, 0.3) is 0 Å². The topological polar surface area (TPSA) is 72.2 Å². The van der Waals surface area contributed by atoms with Crippen molar-refractivity contribution in [1.82, 2.24) is 4.72 Å². The van der Waals surface area contributed by atoms with Gasteiger partial charge in [0.05, 0.1) is 4.90 Å². The zero-order chi connectivity index (χ0) is 14.8. The van der Waals surface area contributed by atoms with Crippen LogP contribution < -0.4 is 10.5 Å². The molecule has 0 radical (unpaired) electrons. The number of benzene rings is 1. The highest BCUT2D eigenvalue weighted by atomic mass is 79.9. The molecular formula is C13H15BrN2O2S2. The molecule has 2 aromatic rings. The summed E-state index contributed by atoms with van der Waals surface area (Å²) in [5, 5.41) is 1.92. The first-order valence-corrected chi connectivity index (χ1v) is 9.11. The van der Waals surface area contributed by atoms with Crippen LogP contribution in [0.5, 0.6) is 0 Å². The van der Waals surface area contributed by atoms with Crippen LogP contribution in [0.3, 0.4) is 0 Å². The highest BCUT2D eigenvalue weighted by molar-refractivity contribution is 9.10. The first kappa shape index (κ1) is 15.7. The van der Waals surface area contributed by atoms with Crippen molar-refractivity contribution in [3.63, 3.8) is 0 Å². The Balaban J connectivity index is 2.22. The van der Waals surface area contributed by atoms with E-state index in [9.17, 15) is 8.42 Å². The molecule has 0 spiro atoms. The van der Waals surface area contributed by atoms with Crippen molar-refractivity contribution in [3.05, 3.63) is 50.1 Å². The molecular weight excluding hydrogens is 360 g/mol. The fourth-order valence-corrected chi connectivity index (χ4v) is 4.64. The van der Waals surface area contributed by atoms with Gasteiger partial charge in [-0.3, -0.25) is 0 Å². The molecule has 20 heavy (non-hydrogen) atoms. The van der Waals surface area contributed by atoms with Crippen LogP contribution in [0.2, 0.25) is 0 Å². The fourth-order valence-electron chi connectivity index (χ4n) is 1.86. The fraction of sp³-hybridized carbons (Fsp3) is 0.231. The number of nitrogens with one attached hydrogen (secondary N) is 1. The average molecular weight is 375 g/mol. The van der Waals surface area contributed by atoms with E-state index >= 15 is 0 Å². The summed E-state index contributed by atoms with van der Waals surface area (Å²) in [5.74, 6) is 0. The van der Waals surface area contributed by atoms with Crippen molar-refractivity contribution >= 4 is 37.3 Å². The SMILES string of the molecule is Cc1c(CN)cccc1S(=O)(=O)NCc1cc(Br)cs1. The third kappa shape index (κ3) is 3.48. The molecule has 0 bridgehead atoms. The molecule has 4 nitrogen and oxygen atoms in total. The number of thiophene rings is 1. The Kier molecular flexibility index (Phi) is 4.98. The van der Waals surface area contributed by atoms with E-state index in [1.165, 1.54) is 11.3 Å². The molecule has 0 fully saturated rings. The van der Waals surface area contributed by atoms with E-state index in [0.29, 0.717) is 12.1 Å². The molecule has 0 saturated heterocycles. The third-order valence-corrected chi connectivity index (χ3v) is 6.21. The molecule has 0 unspecified atom stereocenters. The summed E-state index contributed by atoms with van der Waals surface area (Å²) in [5.41, 5.74) is 7.15. The number of sulfonamides is 1. The molecule has 0 aliphatic carbocycles. The second kappa shape index (κ2) is 6.36. The zero-order valence-electron chi connectivity index (χ0n) is 10.9. The maximum Gasteiger partial charge on any atom is 0.241 e. The van der Waals surface area contributed by atoms with Crippen molar-refractivity contribution < 1.29 is 8.42 Å². The minimum atomic E-state index is -3.53. The van der Waals surface area contributed by atoms with Crippen molar-refractivity contribution in [1.29, 1.82) is 0 Å². The molecule has 0 aliphatic rings. The second-order valence-electron chi connectivity index (χ2n) is 4.30. The lowest BCUT2D eigenvalue weighted by molar-refractivity contribution is 0.581. The molecule has 0 aliphatic heterocycles. The highest BCUT2D eigenvalue weighted by Crippen LogP contribution is 2.22. The highest BCUT2D eigenvalue weighted by Gasteiger charge is 2.18. The summed E-state index contributed by atoms with van der Waals surface area (Å²) in [6, 6.07) is 7.05. The first-order chi connectivity index (χ1) is 9.44. The Hall–Kier alpha value is -0.730. The minimum Gasteiger partial charge on any atom is -0.326 e. The van der Waals surface area contributed by atoms with Gasteiger partial charge in [0.15, 0.2) is 0 Å². The van der Waals surface area contributed by atoms with Crippen LogP contribution in [-0.4, -0.2) is 8.42 Å². The Labute approximate surface area is 131 Å². The number of halogens is 1. The molecule has 1 heterocycles. The van der Waals surface area contributed by atoms with E-state index in [4.69, 9.17) is 5.73 Å². The quantitative estimate of drug-likeness (QED) is 0.844. The van der Waals surface area contributed by atoms with Crippen LogP contribution in [0.1, 0.15) is 16.0 Å². The molecule has 0 saturated carbocycles. The van der Waals surface area contributed by atoms with Gasteiger partial charge in [-0.15, -0.1) is 11.3 Å². The standard InChI is InChI=1S/C13H15BrN2O2S2/c1-9-10(6-15)3-2-4-13(9)20(17,18)16-7-12-5-11(14)8-19-12/h2-5,8,16H,6-7,15H2,1H3. The molecule has 7 heteroatoms. The first-order valence-electron chi connectivity index (χ1n) is 5.95. The third-order valence-electron chi connectivity index (χ3n) is 2.96. The predicted octanol–water partition coefficient (Wildman–Crippen LogP) is 2.76. The van der Waals surface area contributed by atoms with Crippen LogP contribution in [0, 0.1) is 6.92 Å². The molecule has 0 atom stereocenters. The van der Waals surface area contributed by atoms with Gasteiger partial charge in [0, 0.05) is 27.8 Å². The normalized spacial score (nSPS) is 11.8. The maximum atomic E-state index is 12.3. The summed E-state index contributed by atoms with van der Waals surface area (Å²) in [4.78, 5) is 1.24. The number of nitrogens with two attached hydrogens (primary N) is 1. The van der Waals surface area contributed by atoms with Crippen molar-refractivity contribution in [2.45, 2.75) is 24.9 Å². The summed E-state index contributed by atoms with van der Waals surface area (Å²) in [7, 11) is -3.53. The van der Waals surface area contributed by atoms with Crippen LogP contribution in [-0.2, 0) is 23.1 Å². The molecule has 1 aromatic carbocycles. The number of hydrogen-bond acceptors (Lipinski definition) is 4. The summed E-state index contributed by atoms with van der Waals surface area (Å²) in [6.07, 6.45) is 0. The van der Waals surface area contributed by atoms with E-state index in [2.05, 4.69) is 20.7 Å². The Morgan fingerprint density at radius 1 is 1.40 bits per heavy atom. The van der Waals surface area contributed by atoms with Gasteiger partial charge in [0.1, 0.15) is 0 Å². The van der Waals surface area contributed by atoms with E-state index in [1.807, 2.05) is 17.5 Å². The predicted molar refractivity (Wildman–Crippen MR) is 85.1 cm³/mol. The van der Waals surface area contributed by atoms with E-state index in [0.717, 1.165) is 14.9 Å². The van der Waals surface area contributed by atoms with Crippen molar-refractivity contribution in [3.8, 4) is 0 Å². The van der Waals surface area contributed by atoms with Crippen LogP contribution in [0.15, 0.2) is 39.0 Å². The average Bonchev–Trinajstić information content (AvgIpc) is 2.82. The molecule has 1 aromatic heterocycles. The summed E-state index contributed by atoms with van der Waals surface area (Å²) in [6.45, 7) is 2.39. The summed E-state index contributed by atoms with van der Waals surface area (Å²) < 4.78 is 28.3. The van der Waals surface area contributed by atoms with Gasteiger partial charge in [-0.1, -0.05) is 12.1 Å². The lowest BCUT2D eigenvalue weighted by atomic mass is 10.1. The maximum absolute atomic E-state index is 12.3. The Bertz CT molecular complexity index is 711. The number of rotatable bonds is 5. The van der Waals surface area contributed by atoms with Gasteiger partial charge in [0.2, 0.25) is 10.0 Å².